The molecule has 1 aliphatic carbocycles. The van der Waals surface area contributed by atoms with Gasteiger partial charge in [0.2, 0.25) is 0 Å². The summed E-state index contributed by atoms with van der Waals surface area (Å²) in [5.41, 5.74) is 1.64. The van der Waals surface area contributed by atoms with Crippen molar-refractivity contribution in [3.63, 3.8) is 0 Å². The van der Waals surface area contributed by atoms with Crippen LogP contribution in [0.25, 0.3) is 0 Å². The van der Waals surface area contributed by atoms with Gasteiger partial charge in [-0.1, -0.05) is 24.3 Å². The third-order valence-electron chi connectivity index (χ3n) is 3.28. The van der Waals surface area contributed by atoms with E-state index in [-0.39, 0.29) is 6.42 Å². The van der Waals surface area contributed by atoms with Gasteiger partial charge in [0.05, 0.1) is 24.0 Å². The largest absolute Gasteiger partial charge is 0.198 e. The number of nitriles is 2. The highest BCUT2D eigenvalue weighted by atomic mass is 14.4. The van der Waals surface area contributed by atoms with Crippen molar-refractivity contribution >= 4 is 0 Å². The Labute approximate surface area is 96.1 Å². The zero-order valence-corrected chi connectivity index (χ0v) is 9.40. The van der Waals surface area contributed by atoms with Crippen LogP contribution in [0.1, 0.15) is 43.2 Å². The molecular formula is C14H14N2. The predicted octanol–water partition coefficient (Wildman–Crippen LogP) is 3.26. The fourth-order valence-electron chi connectivity index (χ4n) is 1.90. The number of hydrogen-bond donors (Lipinski definition) is 0. The van der Waals surface area contributed by atoms with Gasteiger partial charge in [0.1, 0.15) is 0 Å². The molecule has 0 bridgehead atoms. The van der Waals surface area contributed by atoms with Gasteiger partial charge in [0, 0.05) is 0 Å². The summed E-state index contributed by atoms with van der Waals surface area (Å²) in [6.07, 6.45) is 2.81. The van der Waals surface area contributed by atoms with Crippen molar-refractivity contribution in [3.8, 4) is 12.1 Å². The van der Waals surface area contributed by atoms with Crippen molar-refractivity contribution in [2.75, 3.05) is 0 Å². The molecule has 2 nitrogen and oxygen atoms in total. The van der Waals surface area contributed by atoms with Gasteiger partial charge in [-0.05, 0) is 36.8 Å². The van der Waals surface area contributed by atoms with Crippen molar-refractivity contribution < 1.29 is 0 Å². The molecule has 1 unspecified atom stereocenters. The molecule has 1 saturated carbocycles. The van der Waals surface area contributed by atoms with E-state index in [1.54, 1.807) is 0 Å². The Bertz CT molecular complexity index is 457. The molecule has 0 aromatic heterocycles. The third kappa shape index (κ3) is 1.92. The van der Waals surface area contributed by atoms with Crippen LogP contribution in [0.15, 0.2) is 24.3 Å². The highest BCUT2D eigenvalue weighted by Crippen LogP contribution is 2.40. The summed E-state index contributed by atoms with van der Waals surface area (Å²) in [4.78, 5) is 0. The monoisotopic (exact) mass is 210 g/mol. The minimum atomic E-state index is -0.670. The molecule has 2 rings (SSSR count). The summed E-state index contributed by atoms with van der Waals surface area (Å²) in [6.45, 7) is 1.82. The topological polar surface area (TPSA) is 47.6 Å². The van der Waals surface area contributed by atoms with Crippen molar-refractivity contribution in [2.24, 2.45) is 0 Å². The Morgan fingerprint density at radius 2 is 1.88 bits per heavy atom. The molecule has 0 radical (unpaired) electrons. The van der Waals surface area contributed by atoms with Crippen molar-refractivity contribution in [1.82, 2.24) is 0 Å². The van der Waals surface area contributed by atoms with Gasteiger partial charge >= 0.3 is 0 Å². The van der Waals surface area contributed by atoms with Crippen LogP contribution in [0.5, 0.6) is 0 Å². The van der Waals surface area contributed by atoms with Gasteiger partial charge in [-0.3, -0.25) is 0 Å². The van der Waals surface area contributed by atoms with Gasteiger partial charge in [-0.25, -0.2) is 0 Å². The quantitative estimate of drug-likeness (QED) is 0.768. The zero-order valence-electron chi connectivity index (χ0n) is 9.40. The predicted molar refractivity (Wildman–Crippen MR) is 61.6 cm³/mol. The van der Waals surface area contributed by atoms with Crippen LogP contribution in [0, 0.1) is 22.7 Å². The Kier molecular flexibility index (Phi) is 2.67. The summed E-state index contributed by atoms with van der Waals surface area (Å²) in [7, 11) is 0. The van der Waals surface area contributed by atoms with Crippen LogP contribution in [-0.2, 0) is 5.41 Å². The number of rotatable bonds is 3. The van der Waals surface area contributed by atoms with E-state index in [9.17, 15) is 0 Å². The first-order chi connectivity index (χ1) is 7.69. The Morgan fingerprint density at radius 3 is 2.31 bits per heavy atom. The molecule has 16 heavy (non-hydrogen) atoms. The molecule has 0 N–H and O–H groups in total. The third-order valence-corrected chi connectivity index (χ3v) is 3.28. The molecule has 1 aromatic rings. The summed E-state index contributed by atoms with van der Waals surface area (Å²) < 4.78 is 0. The van der Waals surface area contributed by atoms with Gasteiger partial charge in [0.15, 0.2) is 0 Å². The van der Waals surface area contributed by atoms with E-state index >= 15 is 0 Å². The fraction of sp³-hybridized carbons (Fsp3) is 0.429. The lowest BCUT2D eigenvalue weighted by atomic mass is 9.81. The average Bonchev–Trinajstić information content (AvgIpc) is 3.13. The van der Waals surface area contributed by atoms with Crippen molar-refractivity contribution in [2.45, 2.75) is 37.5 Å². The Balaban J connectivity index is 2.26. The molecule has 0 spiro atoms. The summed E-state index contributed by atoms with van der Waals surface area (Å²) >= 11 is 0. The molecule has 0 saturated heterocycles. The molecule has 0 heterocycles. The van der Waals surface area contributed by atoms with Crippen molar-refractivity contribution in [3.05, 3.63) is 35.4 Å². The first-order valence-corrected chi connectivity index (χ1v) is 5.58. The van der Waals surface area contributed by atoms with Crippen LogP contribution in [0.4, 0.5) is 0 Å². The number of nitrogens with zero attached hydrogens (tertiary/aromatic N) is 2. The maximum absolute atomic E-state index is 9.16. The first kappa shape index (κ1) is 10.7. The second-order valence-corrected chi connectivity index (χ2v) is 4.68. The first-order valence-electron chi connectivity index (χ1n) is 5.58. The van der Waals surface area contributed by atoms with E-state index in [0.717, 1.165) is 11.5 Å². The molecule has 0 aliphatic heterocycles. The van der Waals surface area contributed by atoms with Crippen molar-refractivity contribution in [1.29, 1.82) is 10.5 Å². The minimum Gasteiger partial charge on any atom is -0.198 e. The van der Waals surface area contributed by atoms with Crippen LogP contribution < -0.4 is 0 Å². The molecule has 1 aliphatic rings. The minimum absolute atomic E-state index is 0.242. The van der Waals surface area contributed by atoms with E-state index < -0.39 is 5.41 Å². The highest BCUT2D eigenvalue weighted by molar-refractivity contribution is 5.36. The summed E-state index contributed by atoms with van der Waals surface area (Å²) in [5.74, 6) is 0.735. The van der Waals surface area contributed by atoms with Gasteiger partial charge < -0.3 is 0 Å². The van der Waals surface area contributed by atoms with Crippen LogP contribution >= 0.6 is 0 Å². The fourth-order valence-corrected chi connectivity index (χ4v) is 1.90. The second kappa shape index (κ2) is 3.99. The van der Waals surface area contributed by atoms with E-state index in [4.69, 9.17) is 10.5 Å². The van der Waals surface area contributed by atoms with Gasteiger partial charge in [-0.2, -0.15) is 10.5 Å². The second-order valence-electron chi connectivity index (χ2n) is 4.68. The molecule has 2 heteroatoms. The number of hydrogen-bond acceptors (Lipinski definition) is 2. The smallest absolute Gasteiger partial charge is 0.0923 e. The lowest BCUT2D eigenvalue weighted by molar-refractivity contribution is 0.627. The Hall–Kier alpha value is -1.80. The molecule has 1 aromatic carbocycles. The molecule has 80 valence electrons. The van der Waals surface area contributed by atoms with Crippen LogP contribution in [0.3, 0.4) is 0 Å². The van der Waals surface area contributed by atoms with Gasteiger partial charge in [0.25, 0.3) is 0 Å². The number of benzene rings is 1. The lowest BCUT2D eigenvalue weighted by Crippen LogP contribution is -2.18. The maximum atomic E-state index is 9.16. The molecule has 0 amide bonds. The normalized spacial score (nSPS) is 18.2. The van der Waals surface area contributed by atoms with Crippen LogP contribution in [0.2, 0.25) is 0 Å². The van der Waals surface area contributed by atoms with Gasteiger partial charge in [-0.15, -0.1) is 0 Å². The lowest BCUT2D eigenvalue weighted by Gasteiger charge is -2.18. The molecular weight excluding hydrogens is 196 g/mol. The highest BCUT2D eigenvalue weighted by Gasteiger charge is 2.28. The maximum Gasteiger partial charge on any atom is 0.0923 e. The van der Waals surface area contributed by atoms with E-state index in [0.29, 0.717) is 0 Å². The van der Waals surface area contributed by atoms with E-state index in [1.165, 1.54) is 18.4 Å². The average molecular weight is 210 g/mol. The standard InChI is InChI=1S/C14H14N2/c1-14(10-16,8-9-15)13-6-4-12(5-7-13)11-2-3-11/h4-7,11H,2-3,8H2,1H3. The summed E-state index contributed by atoms with van der Waals surface area (Å²) in [5, 5.41) is 17.9. The van der Waals surface area contributed by atoms with Crippen LogP contribution in [-0.4, -0.2) is 0 Å². The molecule has 1 atom stereocenters. The Morgan fingerprint density at radius 1 is 1.25 bits per heavy atom. The molecule has 1 fully saturated rings. The van der Waals surface area contributed by atoms with E-state index in [1.807, 2.05) is 19.1 Å². The summed E-state index contributed by atoms with van der Waals surface area (Å²) in [6, 6.07) is 12.5. The van der Waals surface area contributed by atoms with E-state index in [2.05, 4.69) is 24.3 Å². The SMILES string of the molecule is CC(C#N)(CC#N)c1ccc(C2CC2)cc1. The zero-order chi connectivity index (χ0) is 11.6.